The van der Waals surface area contributed by atoms with Crippen molar-refractivity contribution in [3.05, 3.63) is 18.2 Å². The maximum Gasteiger partial charge on any atom is 0.0568 e. The summed E-state index contributed by atoms with van der Waals surface area (Å²) in [6.45, 7) is 2.16. The van der Waals surface area contributed by atoms with Crippen LogP contribution >= 0.6 is 0 Å². The molecule has 1 heterocycles. The summed E-state index contributed by atoms with van der Waals surface area (Å²) >= 11 is 0. The molecule has 0 radical (unpaired) electrons. The Morgan fingerprint density at radius 2 is 2.00 bits per heavy atom. The van der Waals surface area contributed by atoms with Crippen LogP contribution in [0.25, 0.3) is 0 Å². The molecule has 1 unspecified atom stereocenters. The second kappa shape index (κ2) is 4.22. The van der Waals surface area contributed by atoms with Crippen LogP contribution in [0.5, 0.6) is 0 Å². The van der Waals surface area contributed by atoms with Crippen molar-refractivity contribution in [1.82, 2.24) is 4.90 Å². The van der Waals surface area contributed by atoms with Gasteiger partial charge in [-0.3, -0.25) is 0 Å². The first-order valence-corrected chi connectivity index (χ1v) is 5.64. The Morgan fingerprint density at radius 1 is 1.25 bits per heavy atom. The summed E-state index contributed by atoms with van der Waals surface area (Å²) in [5.74, 6) is 0. The minimum Gasteiger partial charge on any atom is -0.397 e. The molecule has 4 N–H and O–H groups in total. The van der Waals surface area contributed by atoms with Crippen LogP contribution in [0.2, 0.25) is 0 Å². The van der Waals surface area contributed by atoms with Crippen LogP contribution in [0, 0.1) is 0 Å². The number of likely N-dealkylation sites (N-methyl/N-ethyl adjacent to an activating group) is 1. The number of anilines is 3. The largest absolute Gasteiger partial charge is 0.397 e. The normalized spacial score (nSPS) is 20.7. The lowest BCUT2D eigenvalue weighted by Gasteiger charge is -2.22. The van der Waals surface area contributed by atoms with Gasteiger partial charge in [-0.15, -0.1) is 0 Å². The molecule has 1 aliphatic rings. The van der Waals surface area contributed by atoms with Gasteiger partial charge in [0.15, 0.2) is 0 Å². The molecular formula is C12H20N4. The number of rotatable bonds is 2. The minimum atomic E-state index is 0.638. The molecule has 4 heteroatoms. The van der Waals surface area contributed by atoms with E-state index < -0.39 is 0 Å². The molecule has 1 aromatic carbocycles. The van der Waals surface area contributed by atoms with Crippen molar-refractivity contribution in [2.75, 3.05) is 43.6 Å². The van der Waals surface area contributed by atoms with Gasteiger partial charge in [-0.25, -0.2) is 0 Å². The van der Waals surface area contributed by atoms with E-state index in [9.17, 15) is 0 Å². The first-order valence-electron chi connectivity index (χ1n) is 5.64. The fourth-order valence-electron chi connectivity index (χ4n) is 2.16. The molecule has 0 amide bonds. The van der Waals surface area contributed by atoms with Crippen molar-refractivity contribution in [2.24, 2.45) is 0 Å². The lowest BCUT2D eigenvalue weighted by molar-refractivity contribution is 0.315. The molecule has 0 spiro atoms. The third kappa shape index (κ3) is 2.07. The lowest BCUT2D eigenvalue weighted by atomic mass is 10.2. The maximum atomic E-state index is 5.82. The van der Waals surface area contributed by atoms with Gasteiger partial charge in [-0.2, -0.15) is 0 Å². The fraction of sp³-hybridized carbons (Fsp3) is 0.500. The molecule has 1 aliphatic heterocycles. The van der Waals surface area contributed by atoms with E-state index in [2.05, 4.69) is 23.9 Å². The smallest absolute Gasteiger partial charge is 0.0568 e. The summed E-state index contributed by atoms with van der Waals surface area (Å²) in [4.78, 5) is 4.64. The summed E-state index contributed by atoms with van der Waals surface area (Å²) in [5.41, 5.74) is 14.0. The average molecular weight is 220 g/mol. The van der Waals surface area contributed by atoms with Crippen molar-refractivity contribution in [3.8, 4) is 0 Å². The Morgan fingerprint density at radius 3 is 2.56 bits per heavy atom. The van der Waals surface area contributed by atoms with Crippen LogP contribution in [0.3, 0.4) is 0 Å². The number of benzene rings is 1. The van der Waals surface area contributed by atoms with E-state index in [1.807, 2.05) is 18.2 Å². The highest BCUT2D eigenvalue weighted by Crippen LogP contribution is 2.26. The molecule has 2 rings (SSSR count). The van der Waals surface area contributed by atoms with E-state index in [4.69, 9.17) is 11.5 Å². The highest BCUT2D eigenvalue weighted by Gasteiger charge is 2.24. The molecule has 1 fully saturated rings. The topological polar surface area (TPSA) is 58.5 Å². The molecule has 0 aliphatic carbocycles. The zero-order valence-electron chi connectivity index (χ0n) is 9.98. The third-order valence-corrected chi connectivity index (χ3v) is 3.33. The standard InChI is InChI=1S/C12H20N4/c1-15(2)10-5-6-16(8-10)9-3-4-11(13)12(14)7-9/h3-4,7,10H,5-6,8,13-14H2,1-2H3. The van der Waals surface area contributed by atoms with Gasteiger partial charge in [0.25, 0.3) is 0 Å². The molecule has 0 bridgehead atoms. The molecule has 1 atom stereocenters. The number of hydrogen-bond donors (Lipinski definition) is 2. The van der Waals surface area contributed by atoms with Gasteiger partial charge in [-0.05, 0) is 38.7 Å². The van der Waals surface area contributed by atoms with Crippen LogP contribution in [0.1, 0.15) is 6.42 Å². The highest BCUT2D eigenvalue weighted by atomic mass is 15.2. The van der Waals surface area contributed by atoms with E-state index in [1.165, 1.54) is 12.1 Å². The average Bonchev–Trinajstić information content (AvgIpc) is 2.71. The molecule has 88 valence electrons. The Bertz CT molecular complexity index is 375. The predicted octanol–water partition coefficient (Wildman–Crippen LogP) is 0.991. The minimum absolute atomic E-state index is 0.638. The third-order valence-electron chi connectivity index (χ3n) is 3.33. The quantitative estimate of drug-likeness (QED) is 0.730. The number of nitrogen functional groups attached to an aromatic ring is 2. The van der Waals surface area contributed by atoms with E-state index in [1.54, 1.807) is 0 Å². The number of hydrogen-bond acceptors (Lipinski definition) is 4. The SMILES string of the molecule is CN(C)C1CCN(c2ccc(N)c(N)c2)C1. The highest BCUT2D eigenvalue weighted by molar-refractivity contribution is 5.70. The summed E-state index contributed by atoms with van der Waals surface area (Å²) in [6, 6.07) is 6.53. The zero-order chi connectivity index (χ0) is 11.7. The Labute approximate surface area is 96.8 Å². The molecule has 1 saturated heterocycles. The zero-order valence-corrected chi connectivity index (χ0v) is 9.98. The van der Waals surface area contributed by atoms with Gasteiger partial charge < -0.3 is 21.3 Å². The van der Waals surface area contributed by atoms with Gasteiger partial charge in [-0.1, -0.05) is 0 Å². The summed E-state index contributed by atoms with van der Waals surface area (Å²) < 4.78 is 0. The van der Waals surface area contributed by atoms with Crippen molar-refractivity contribution in [2.45, 2.75) is 12.5 Å². The monoisotopic (exact) mass is 220 g/mol. The molecular weight excluding hydrogens is 200 g/mol. The maximum absolute atomic E-state index is 5.82. The van der Waals surface area contributed by atoms with Gasteiger partial charge in [0.1, 0.15) is 0 Å². The second-order valence-corrected chi connectivity index (χ2v) is 4.67. The van der Waals surface area contributed by atoms with Crippen LogP contribution in [-0.4, -0.2) is 38.1 Å². The van der Waals surface area contributed by atoms with Crippen molar-refractivity contribution in [1.29, 1.82) is 0 Å². The number of nitrogens with two attached hydrogens (primary N) is 2. The second-order valence-electron chi connectivity index (χ2n) is 4.67. The van der Waals surface area contributed by atoms with Gasteiger partial charge in [0, 0.05) is 24.8 Å². The van der Waals surface area contributed by atoms with Crippen LogP contribution in [-0.2, 0) is 0 Å². The summed E-state index contributed by atoms with van der Waals surface area (Å²) in [6.07, 6.45) is 1.21. The van der Waals surface area contributed by atoms with Crippen molar-refractivity contribution in [3.63, 3.8) is 0 Å². The van der Waals surface area contributed by atoms with Crippen LogP contribution in [0.4, 0.5) is 17.1 Å². The van der Waals surface area contributed by atoms with Crippen LogP contribution < -0.4 is 16.4 Å². The molecule has 1 aromatic rings. The molecule has 0 aromatic heterocycles. The van der Waals surface area contributed by atoms with E-state index in [0.717, 1.165) is 13.1 Å². The first kappa shape index (κ1) is 11.1. The van der Waals surface area contributed by atoms with E-state index in [-0.39, 0.29) is 0 Å². The summed E-state index contributed by atoms with van der Waals surface area (Å²) in [5, 5.41) is 0. The van der Waals surface area contributed by atoms with Crippen molar-refractivity contribution < 1.29 is 0 Å². The van der Waals surface area contributed by atoms with Gasteiger partial charge >= 0.3 is 0 Å². The van der Waals surface area contributed by atoms with E-state index >= 15 is 0 Å². The number of nitrogens with zero attached hydrogens (tertiary/aromatic N) is 2. The molecule has 0 saturated carbocycles. The van der Waals surface area contributed by atoms with Gasteiger partial charge in [0.05, 0.1) is 11.4 Å². The van der Waals surface area contributed by atoms with Gasteiger partial charge in [0.2, 0.25) is 0 Å². The fourth-order valence-corrected chi connectivity index (χ4v) is 2.16. The Hall–Kier alpha value is -1.42. The lowest BCUT2D eigenvalue weighted by Crippen LogP contribution is -2.31. The van der Waals surface area contributed by atoms with Crippen molar-refractivity contribution >= 4 is 17.1 Å². The van der Waals surface area contributed by atoms with Crippen LogP contribution in [0.15, 0.2) is 18.2 Å². The Kier molecular flexibility index (Phi) is 2.92. The first-order chi connectivity index (χ1) is 7.58. The predicted molar refractivity (Wildman–Crippen MR) is 69.6 cm³/mol. The Balaban J connectivity index is 2.11. The molecule has 4 nitrogen and oxygen atoms in total. The van der Waals surface area contributed by atoms with E-state index in [0.29, 0.717) is 17.4 Å². The summed E-state index contributed by atoms with van der Waals surface area (Å²) in [7, 11) is 4.26. The molecule has 16 heavy (non-hydrogen) atoms.